The first kappa shape index (κ1) is 16.2. The molecule has 0 fully saturated rings. The lowest BCUT2D eigenvalue weighted by molar-refractivity contribution is 0.162. The minimum atomic E-state index is -0.321. The van der Waals surface area contributed by atoms with Crippen molar-refractivity contribution in [3.63, 3.8) is 0 Å². The Balaban J connectivity index is 2.31. The fourth-order valence-corrected chi connectivity index (χ4v) is 2.39. The van der Waals surface area contributed by atoms with Gasteiger partial charge in [0.2, 0.25) is 0 Å². The molecule has 0 amide bonds. The van der Waals surface area contributed by atoms with Crippen LogP contribution in [0.25, 0.3) is 5.69 Å². The third-order valence-corrected chi connectivity index (χ3v) is 3.62. The highest BCUT2D eigenvalue weighted by Gasteiger charge is 2.17. The van der Waals surface area contributed by atoms with Crippen LogP contribution in [0.1, 0.15) is 30.3 Å². The van der Waals surface area contributed by atoms with Crippen molar-refractivity contribution in [3.05, 3.63) is 47.3 Å². The fraction of sp³-hybridized carbons (Fsp3) is 0.412. The number of aromatic nitrogens is 2. The molecule has 1 atom stereocenters. The van der Waals surface area contributed by atoms with E-state index in [0.717, 1.165) is 23.6 Å². The molecule has 0 radical (unpaired) electrons. The van der Waals surface area contributed by atoms with Gasteiger partial charge >= 0.3 is 0 Å². The Labute approximate surface area is 131 Å². The molecule has 2 aromatic rings. The van der Waals surface area contributed by atoms with Gasteiger partial charge in [-0.3, -0.25) is 0 Å². The maximum Gasteiger partial charge on any atom is 0.103 e. The van der Waals surface area contributed by atoms with Crippen molar-refractivity contribution in [3.8, 4) is 11.8 Å². The average molecular weight is 298 g/mol. The number of nitriles is 1. The number of aliphatic hydroxyl groups is 1. The van der Waals surface area contributed by atoms with Crippen LogP contribution in [0.5, 0.6) is 0 Å². The largest absolute Gasteiger partial charge is 0.393 e. The van der Waals surface area contributed by atoms with E-state index in [-0.39, 0.29) is 6.10 Å². The van der Waals surface area contributed by atoms with Crippen LogP contribution in [0.15, 0.2) is 30.3 Å². The second-order valence-corrected chi connectivity index (χ2v) is 5.64. The van der Waals surface area contributed by atoms with Crippen molar-refractivity contribution in [2.24, 2.45) is 0 Å². The molecule has 1 aromatic carbocycles. The Kier molecular flexibility index (Phi) is 5.31. The van der Waals surface area contributed by atoms with Gasteiger partial charge in [-0.25, -0.2) is 4.68 Å². The van der Waals surface area contributed by atoms with Crippen molar-refractivity contribution in [1.82, 2.24) is 14.7 Å². The number of nitrogens with zero attached hydrogens (tertiary/aromatic N) is 4. The fourth-order valence-electron chi connectivity index (χ4n) is 2.39. The molecule has 0 saturated heterocycles. The highest BCUT2D eigenvalue weighted by atomic mass is 16.3. The molecular formula is C17H22N4O. The van der Waals surface area contributed by atoms with Crippen molar-refractivity contribution >= 4 is 0 Å². The third-order valence-electron chi connectivity index (χ3n) is 3.62. The van der Waals surface area contributed by atoms with Gasteiger partial charge in [0.05, 0.1) is 28.7 Å². The van der Waals surface area contributed by atoms with Gasteiger partial charge in [-0.05, 0) is 39.4 Å². The number of rotatable bonds is 6. The number of aliphatic hydroxyl groups excluding tert-OH is 1. The molecule has 0 aliphatic heterocycles. The van der Waals surface area contributed by atoms with Crippen LogP contribution in [-0.2, 0) is 6.54 Å². The van der Waals surface area contributed by atoms with Gasteiger partial charge < -0.3 is 10.0 Å². The van der Waals surface area contributed by atoms with E-state index >= 15 is 0 Å². The van der Waals surface area contributed by atoms with E-state index in [2.05, 4.69) is 16.1 Å². The van der Waals surface area contributed by atoms with Gasteiger partial charge in [0.25, 0.3) is 0 Å². The van der Waals surface area contributed by atoms with Crippen molar-refractivity contribution < 1.29 is 5.11 Å². The summed E-state index contributed by atoms with van der Waals surface area (Å²) in [4.78, 5) is 2.10. The van der Waals surface area contributed by atoms with E-state index in [9.17, 15) is 10.4 Å². The zero-order valence-electron chi connectivity index (χ0n) is 13.3. The van der Waals surface area contributed by atoms with Gasteiger partial charge in [-0.1, -0.05) is 18.2 Å². The van der Waals surface area contributed by atoms with E-state index in [1.54, 1.807) is 6.92 Å². The molecule has 1 unspecified atom stereocenters. The highest BCUT2D eigenvalue weighted by molar-refractivity contribution is 5.43. The first-order valence-electron chi connectivity index (χ1n) is 7.43. The Hall–Kier alpha value is -2.16. The van der Waals surface area contributed by atoms with Crippen LogP contribution in [0.2, 0.25) is 0 Å². The average Bonchev–Trinajstić information content (AvgIpc) is 2.82. The molecular weight excluding hydrogens is 276 g/mol. The first-order chi connectivity index (χ1) is 10.5. The lowest BCUT2D eigenvalue weighted by atomic mass is 10.2. The minimum Gasteiger partial charge on any atom is -0.393 e. The van der Waals surface area contributed by atoms with Gasteiger partial charge in [-0.15, -0.1) is 0 Å². The Bertz CT molecular complexity index is 655. The van der Waals surface area contributed by atoms with Crippen LogP contribution >= 0.6 is 0 Å². The standard InChI is InChI=1S/C17H22N4O/c1-13(22)9-10-20(3)12-17-16(11-18)14(2)19-21(17)15-7-5-4-6-8-15/h4-8,13,22H,9-10,12H2,1-3H3. The van der Waals surface area contributed by atoms with Crippen molar-refractivity contribution in [1.29, 1.82) is 5.26 Å². The molecule has 5 heteroatoms. The topological polar surface area (TPSA) is 65.1 Å². The van der Waals surface area contributed by atoms with Crippen LogP contribution in [0.3, 0.4) is 0 Å². The second-order valence-electron chi connectivity index (χ2n) is 5.64. The van der Waals surface area contributed by atoms with Crippen LogP contribution in [0.4, 0.5) is 0 Å². The molecule has 1 N–H and O–H groups in total. The van der Waals surface area contributed by atoms with Gasteiger partial charge in [0.15, 0.2) is 0 Å². The van der Waals surface area contributed by atoms with Crippen molar-refractivity contribution in [2.45, 2.75) is 32.9 Å². The van der Waals surface area contributed by atoms with Crippen LogP contribution < -0.4 is 0 Å². The summed E-state index contributed by atoms with van der Waals surface area (Å²) in [6.07, 6.45) is 0.385. The second kappa shape index (κ2) is 7.21. The maximum absolute atomic E-state index is 9.43. The quantitative estimate of drug-likeness (QED) is 0.888. The molecule has 5 nitrogen and oxygen atoms in total. The summed E-state index contributed by atoms with van der Waals surface area (Å²) in [6, 6.07) is 12.1. The summed E-state index contributed by atoms with van der Waals surface area (Å²) in [6.45, 7) is 5.02. The van der Waals surface area contributed by atoms with Gasteiger partial charge in [0.1, 0.15) is 6.07 Å². The van der Waals surface area contributed by atoms with Crippen molar-refractivity contribution in [2.75, 3.05) is 13.6 Å². The number of aryl methyl sites for hydroxylation is 1. The van der Waals surface area contributed by atoms with E-state index in [0.29, 0.717) is 18.5 Å². The third kappa shape index (κ3) is 3.73. The minimum absolute atomic E-state index is 0.321. The van der Waals surface area contributed by atoms with Crippen LogP contribution in [-0.4, -0.2) is 39.5 Å². The van der Waals surface area contributed by atoms with E-state index in [1.807, 2.05) is 49.0 Å². The molecule has 22 heavy (non-hydrogen) atoms. The molecule has 1 aromatic heterocycles. The number of para-hydroxylation sites is 1. The summed E-state index contributed by atoms with van der Waals surface area (Å²) in [5, 5.41) is 23.4. The highest BCUT2D eigenvalue weighted by Crippen LogP contribution is 2.19. The summed E-state index contributed by atoms with van der Waals surface area (Å²) in [7, 11) is 1.99. The summed E-state index contributed by atoms with van der Waals surface area (Å²) in [5.41, 5.74) is 3.21. The predicted octanol–water partition coefficient (Wildman–Crippen LogP) is 2.26. The van der Waals surface area contributed by atoms with Gasteiger partial charge in [-0.2, -0.15) is 10.4 Å². The summed E-state index contributed by atoms with van der Waals surface area (Å²) >= 11 is 0. The van der Waals surface area contributed by atoms with Crippen LogP contribution in [0, 0.1) is 18.3 Å². The van der Waals surface area contributed by atoms with E-state index < -0.39 is 0 Å². The number of hydrogen-bond donors (Lipinski definition) is 1. The smallest absolute Gasteiger partial charge is 0.103 e. The molecule has 0 spiro atoms. The molecule has 2 rings (SSSR count). The normalized spacial score (nSPS) is 12.4. The summed E-state index contributed by atoms with van der Waals surface area (Å²) < 4.78 is 1.84. The van der Waals surface area contributed by atoms with Gasteiger partial charge in [0, 0.05) is 13.1 Å². The monoisotopic (exact) mass is 298 g/mol. The zero-order valence-corrected chi connectivity index (χ0v) is 13.3. The van der Waals surface area contributed by atoms with E-state index in [1.165, 1.54) is 0 Å². The predicted molar refractivity (Wildman–Crippen MR) is 85.6 cm³/mol. The van der Waals surface area contributed by atoms with E-state index in [4.69, 9.17) is 0 Å². The molecule has 0 saturated carbocycles. The molecule has 116 valence electrons. The SMILES string of the molecule is Cc1nn(-c2ccccc2)c(CN(C)CCC(C)O)c1C#N. The zero-order chi connectivity index (χ0) is 16.1. The number of hydrogen-bond acceptors (Lipinski definition) is 4. The first-order valence-corrected chi connectivity index (χ1v) is 7.43. The molecule has 0 aliphatic carbocycles. The Morgan fingerprint density at radius 3 is 2.64 bits per heavy atom. The molecule has 0 bridgehead atoms. The molecule has 1 heterocycles. The number of benzene rings is 1. The Morgan fingerprint density at radius 2 is 2.05 bits per heavy atom. The lowest BCUT2D eigenvalue weighted by Crippen LogP contribution is -2.24. The lowest BCUT2D eigenvalue weighted by Gasteiger charge is -2.18. The maximum atomic E-state index is 9.43. The Morgan fingerprint density at radius 1 is 1.36 bits per heavy atom. The molecule has 0 aliphatic rings. The summed E-state index contributed by atoms with van der Waals surface area (Å²) in [5.74, 6) is 0.